The van der Waals surface area contributed by atoms with Crippen LogP contribution < -0.4 is 10.6 Å². The fraction of sp³-hybridized carbons (Fsp3) is 0.850. The second kappa shape index (κ2) is 10.9. The molecule has 0 aromatic carbocycles. The molecule has 0 unspecified atom stereocenters. The van der Waals surface area contributed by atoms with Crippen LogP contribution in [0, 0.1) is 12.3 Å². The van der Waals surface area contributed by atoms with Gasteiger partial charge in [-0.05, 0) is 31.6 Å². The van der Waals surface area contributed by atoms with Gasteiger partial charge in [-0.3, -0.25) is 4.90 Å². The SMILES string of the molecule is COCCC1(CNC(=NCc2nnc(C)n2C)NCCN2CCOCC2)CCC1. The summed E-state index contributed by atoms with van der Waals surface area (Å²) in [6, 6.07) is 0. The molecule has 1 aliphatic heterocycles. The first-order valence-corrected chi connectivity index (χ1v) is 10.8. The van der Waals surface area contributed by atoms with Gasteiger partial charge in [0.1, 0.15) is 12.4 Å². The molecule has 29 heavy (non-hydrogen) atoms. The molecule has 0 amide bonds. The van der Waals surface area contributed by atoms with E-state index in [0.29, 0.717) is 12.0 Å². The Morgan fingerprint density at radius 3 is 2.66 bits per heavy atom. The zero-order valence-corrected chi connectivity index (χ0v) is 18.2. The van der Waals surface area contributed by atoms with Crippen molar-refractivity contribution < 1.29 is 9.47 Å². The van der Waals surface area contributed by atoms with Crippen molar-refractivity contribution in [1.82, 2.24) is 30.3 Å². The lowest BCUT2D eigenvalue weighted by Gasteiger charge is -2.42. The van der Waals surface area contributed by atoms with Crippen molar-refractivity contribution in [3.63, 3.8) is 0 Å². The fourth-order valence-corrected chi connectivity index (χ4v) is 3.85. The lowest BCUT2D eigenvalue weighted by Crippen LogP contribution is -2.49. The second-order valence-electron chi connectivity index (χ2n) is 8.22. The highest BCUT2D eigenvalue weighted by molar-refractivity contribution is 5.79. The number of hydrogen-bond donors (Lipinski definition) is 2. The van der Waals surface area contributed by atoms with E-state index in [-0.39, 0.29) is 0 Å². The lowest BCUT2D eigenvalue weighted by molar-refractivity contribution is 0.0389. The molecule has 0 bridgehead atoms. The predicted octanol–water partition coefficient (Wildman–Crippen LogP) is 0.698. The van der Waals surface area contributed by atoms with Crippen molar-refractivity contribution in [3.8, 4) is 0 Å². The molecule has 0 radical (unpaired) electrons. The molecule has 3 rings (SSSR count). The number of methoxy groups -OCH3 is 1. The van der Waals surface area contributed by atoms with Gasteiger partial charge in [0, 0.05) is 53.5 Å². The summed E-state index contributed by atoms with van der Waals surface area (Å²) in [6.45, 7) is 9.70. The van der Waals surface area contributed by atoms with Gasteiger partial charge in [-0.1, -0.05) is 6.42 Å². The maximum absolute atomic E-state index is 5.43. The monoisotopic (exact) mass is 407 g/mol. The number of aryl methyl sites for hydroxylation is 1. The molecular formula is C20H37N7O2. The topological polar surface area (TPSA) is 88.8 Å². The van der Waals surface area contributed by atoms with Crippen molar-refractivity contribution in [3.05, 3.63) is 11.6 Å². The van der Waals surface area contributed by atoms with Gasteiger partial charge in [-0.25, -0.2) is 4.99 Å². The van der Waals surface area contributed by atoms with Crippen LogP contribution in [0.5, 0.6) is 0 Å². The first-order valence-electron chi connectivity index (χ1n) is 10.8. The molecular weight excluding hydrogens is 370 g/mol. The highest BCUT2D eigenvalue weighted by Gasteiger charge is 2.36. The van der Waals surface area contributed by atoms with Gasteiger partial charge in [0.25, 0.3) is 0 Å². The maximum atomic E-state index is 5.43. The van der Waals surface area contributed by atoms with Crippen LogP contribution in [0.15, 0.2) is 4.99 Å². The first-order chi connectivity index (χ1) is 14.1. The highest BCUT2D eigenvalue weighted by Crippen LogP contribution is 2.43. The number of nitrogens with zero attached hydrogens (tertiary/aromatic N) is 5. The molecule has 2 fully saturated rings. The lowest BCUT2D eigenvalue weighted by atomic mass is 9.67. The minimum Gasteiger partial charge on any atom is -0.385 e. The van der Waals surface area contributed by atoms with Gasteiger partial charge in [0.05, 0.1) is 13.2 Å². The van der Waals surface area contributed by atoms with Crippen molar-refractivity contribution in [1.29, 1.82) is 0 Å². The Balaban J connectivity index is 1.55. The maximum Gasteiger partial charge on any atom is 0.191 e. The smallest absolute Gasteiger partial charge is 0.191 e. The van der Waals surface area contributed by atoms with E-state index in [1.807, 2.05) is 18.5 Å². The fourth-order valence-electron chi connectivity index (χ4n) is 3.85. The molecule has 2 N–H and O–H groups in total. The summed E-state index contributed by atoms with van der Waals surface area (Å²) >= 11 is 0. The third-order valence-electron chi connectivity index (χ3n) is 6.27. The van der Waals surface area contributed by atoms with Crippen molar-refractivity contribution >= 4 is 5.96 Å². The van der Waals surface area contributed by atoms with Crippen molar-refractivity contribution in [2.45, 2.75) is 39.2 Å². The van der Waals surface area contributed by atoms with E-state index >= 15 is 0 Å². The zero-order chi connectivity index (χ0) is 20.5. The van der Waals surface area contributed by atoms with Crippen molar-refractivity contribution in [2.24, 2.45) is 17.5 Å². The average molecular weight is 408 g/mol. The van der Waals surface area contributed by atoms with Crippen LogP contribution in [0.4, 0.5) is 0 Å². The van der Waals surface area contributed by atoms with Gasteiger partial charge in [0.15, 0.2) is 11.8 Å². The normalized spacial score (nSPS) is 19.8. The van der Waals surface area contributed by atoms with Crippen LogP contribution in [0.25, 0.3) is 0 Å². The van der Waals surface area contributed by atoms with Crippen LogP contribution in [0.2, 0.25) is 0 Å². The Labute approximate surface area is 174 Å². The number of morpholine rings is 1. The largest absolute Gasteiger partial charge is 0.385 e. The molecule has 0 atom stereocenters. The van der Waals surface area contributed by atoms with E-state index in [2.05, 4.69) is 25.7 Å². The minimum atomic E-state index is 0.337. The van der Waals surface area contributed by atoms with E-state index in [4.69, 9.17) is 14.5 Å². The van der Waals surface area contributed by atoms with Gasteiger partial charge < -0.3 is 24.7 Å². The Morgan fingerprint density at radius 1 is 1.24 bits per heavy atom. The number of hydrogen-bond acceptors (Lipinski definition) is 6. The van der Waals surface area contributed by atoms with Crippen molar-refractivity contribution in [2.75, 3.05) is 59.7 Å². The zero-order valence-electron chi connectivity index (χ0n) is 18.2. The summed E-state index contributed by atoms with van der Waals surface area (Å²) in [5.74, 6) is 2.62. The molecule has 1 saturated carbocycles. The molecule has 9 heteroatoms. The minimum absolute atomic E-state index is 0.337. The predicted molar refractivity (Wildman–Crippen MR) is 113 cm³/mol. The highest BCUT2D eigenvalue weighted by atomic mass is 16.5. The average Bonchev–Trinajstić information content (AvgIpc) is 3.03. The summed E-state index contributed by atoms with van der Waals surface area (Å²) in [5, 5.41) is 15.5. The van der Waals surface area contributed by atoms with E-state index in [1.54, 1.807) is 7.11 Å². The number of aromatic nitrogens is 3. The molecule has 1 aromatic rings. The Hall–Kier alpha value is -1.71. The summed E-state index contributed by atoms with van der Waals surface area (Å²) in [6.07, 6.45) is 4.92. The third kappa shape index (κ3) is 6.38. The number of ether oxygens (including phenoxy) is 2. The summed E-state index contributed by atoms with van der Waals surface area (Å²) in [5.41, 5.74) is 0.337. The first kappa shape index (κ1) is 22.0. The van der Waals surface area contributed by atoms with E-state index in [9.17, 15) is 0 Å². The Bertz CT molecular complexity index is 651. The van der Waals surface area contributed by atoms with E-state index in [0.717, 1.165) is 76.6 Å². The number of aliphatic imine (C=N–C) groups is 1. The van der Waals surface area contributed by atoms with Gasteiger partial charge in [-0.15, -0.1) is 10.2 Å². The Kier molecular flexibility index (Phi) is 8.26. The molecule has 2 aliphatic rings. The molecule has 1 aliphatic carbocycles. The molecule has 1 saturated heterocycles. The standard InChI is InChI=1S/C20H37N7O2/c1-17-24-25-18(26(17)2)15-22-19(21-8-9-27-10-13-29-14-11-27)23-16-20(5-4-6-20)7-12-28-3/h4-16H2,1-3H3,(H2,21,22,23). The molecule has 164 valence electrons. The number of rotatable bonds is 10. The van der Waals surface area contributed by atoms with E-state index < -0.39 is 0 Å². The summed E-state index contributed by atoms with van der Waals surface area (Å²) in [4.78, 5) is 7.21. The molecule has 0 spiro atoms. The molecule has 1 aromatic heterocycles. The van der Waals surface area contributed by atoms with Crippen LogP contribution in [-0.4, -0.2) is 85.3 Å². The number of nitrogens with one attached hydrogen (secondary N) is 2. The molecule has 9 nitrogen and oxygen atoms in total. The summed E-state index contributed by atoms with van der Waals surface area (Å²) in [7, 11) is 3.76. The number of guanidine groups is 1. The summed E-state index contributed by atoms with van der Waals surface area (Å²) < 4.78 is 12.7. The van der Waals surface area contributed by atoms with Crippen LogP contribution in [-0.2, 0) is 23.1 Å². The quantitative estimate of drug-likeness (QED) is 0.436. The van der Waals surface area contributed by atoms with Gasteiger partial charge in [0.2, 0.25) is 0 Å². The third-order valence-corrected chi connectivity index (χ3v) is 6.27. The van der Waals surface area contributed by atoms with Crippen LogP contribution >= 0.6 is 0 Å². The van der Waals surface area contributed by atoms with Gasteiger partial charge >= 0.3 is 0 Å². The van der Waals surface area contributed by atoms with Gasteiger partial charge in [-0.2, -0.15) is 0 Å². The second-order valence-corrected chi connectivity index (χ2v) is 8.22. The Morgan fingerprint density at radius 2 is 2.03 bits per heavy atom. The van der Waals surface area contributed by atoms with Crippen LogP contribution in [0.1, 0.15) is 37.3 Å². The molecule has 2 heterocycles. The van der Waals surface area contributed by atoms with E-state index in [1.165, 1.54) is 19.3 Å². The van der Waals surface area contributed by atoms with Crippen LogP contribution in [0.3, 0.4) is 0 Å².